The summed E-state index contributed by atoms with van der Waals surface area (Å²) in [6.07, 6.45) is -0.862. The maximum atomic E-state index is 13.9. The minimum atomic E-state index is -0.862. The van der Waals surface area contributed by atoms with E-state index in [4.69, 9.17) is 16.2 Å². The average Bonchev–Trinajstić information content (AvgIpc) is 2.46. The van der Waals surface area contributed by atoms with Gasteiger partial charge in [-0.05, 0) is 31.2 Å². The van der Waals surface area contributed by atoms with E-state index in [1.54, 1.807) is 25.1 Å². The van der Waals surface area contributed by atoms with Gasteiger partial charge in [-0.15, -0.1) is 0 Å². The van der Waals surface area contributed by atoms with E-state index < -0.39 is 17.7 Å². The topological polar surface area (TPSA) is 87.0 Å². The Balaban J connectivity index is 2.05. The van der Waals surface area contributed by atoms with Crippen LogP contribution < -0.4 is 16.2 Å². The van der Waals surface area contributed by atoms with Gasteiger partial charge in [0.2, 0.25) is 5.95 Å². The fourth-order valence-corrected chi connectivity index (χ4v) is 2.44. The maximum Gasteiger partial charge on any atom is 0.222 e. The second-order valence-electron chi connectivity index (χ2n) is 5.01. The first-order chi connectivity index (χ1) is 11.0. The van der Waals surface area contributed by atoms with E-state index in [9.17, 15) is 8.78 Å². The number of nitrogens with two attached hydrogens (primary N) is 2. The first-order valence-corrected chi connectivity index (χ1v) is 6.89. The monoisotopic (exact) mass is 316 g/mol. The third-order valence-corrected chi connectivity index (χ3v) is 3.44. The lowest BCUT2D eigenvalue weighted by Crippen LogP contribution is -2.09. The zero-order valence-electron chi connectivity index (χ0n) is 12.3. The number of halogens is 2. The van der Waals surface area contributed by atoms with Gasteiger partial charge < -0.3 is 16.2 Å². The Hall–Kier alpha value is -2.96. The van der Waals surface area contributed by atoms with Crippen molar-refractivity contribution in [3.05, 3.63) is 53.6 Å². The Bertz CT molecular complexity index is 865. The molecule has 0 spiro atoms. The SMILES string of the molecule is CC(Oc1cccc2nc(N)nc(N)c12)c1c(F)cccc1F. The third kappa shape index (κ3) is 2.73. The minimum absolute atomic E-state index is 0.0420. The molecule has 4 N–H and O–H groups in total. The molecule has 0 bridgehead atoms. The van der Waals surface area contributed by atoms with Gasteiger partial charge in [0.1, 0.15) is 29.3 Å². The smallest absolute Gasteiger partial charge is 0.222 e. The second-order valence-corrected chi connectivity index (χ2v) is 5.01. The molecule has 0 saturated heterocycles. The molecular formula is C16H14F2N4O. The average molecular weight is 316 g/mol. The van der Waals surface area contributed by atoms with Crippen molar-refractivity contribution in [2.75, 3.05) is 11.5 Å². The molecule has 0 amide bonds. The summed E-state index contributed by atoms with van der Waals surface area (Å²) >= 11 is 0. The Morgan fingerprint density at radius 2 is 1.65 bits per heavy atom. The van der Waals surface area contributed by atoms with Crippen LogP contribution in [0.25, 0.3) is 10.9 Å². The summed E-state index contributed by atoms with van der Waals surface area (Å²) in [5.74, 6) is -0.836. The molecule has 3 aromatic rings. The first kappa shape index (κ1) is 15.0. The van der Waals surface area contributed by atoms with Gasteiger partial charge in [0.15, 0.2) is 0 Å². The molecular weight excluding hydrogens is 302 g/mol. The van der Waals surface area contributed by atoms with E-state index in [1.165, 1.54) is 18.2 Å². The van der Waals surface area contributed by atoms with Crippen LogP contribution in [0.5, 0.6) is 5.75 Å². The third-order valence-electron chi connectivity index (χ3n) is 3.44. The highest BCUT2D eigenvalue weighted by molar-refractivity contribution is 5.94. The summed E-state index contributed by atoms with van der Waals surface area (Å²) in [7, 11) is 0. The fourth-order valence-electron chi connectivity index (χ4n) is 2.44. The van der Waals surface area contributed by atoms with Crippen molar-refractivity contribution in [1.82, 2.24) is 9.97 Å². The number of hydrogen-bond donors (Lipinski definition) is 2. The summed E-state index contributed by atoms with van der Waals surface area (Å²) in [6.45, 7) is 1.55. The number of aromatic nitrogens is 2. The summed E-state index contributed by atoms with van der Waals surface area (Å²) in [4.78, 5) is 7.96. The maximum absolute atomic E-state index is 13.9. The predicted octanol–water partition coefficient (Wildman–Crippen LogP) is 3.21. The van der Waals surface area contributed by atoms with Crippen LogP contribution in [0.4, 0.5) is 20.5 Å². The molecule has 5 nitrogen and oxygen atoms in total. The van der Waals surface area contributed by atoms with Gasteiger partial charge in [-0.25, -0.2) is 13.8 Å². The first-order valence-electron chi connectivity index (χ1n) is 6.89. The van der Waals surface area contributed by atoms with Crippen molar-refractivity contribution in [2.45, 2.75) is 13.0 Å². The number of nitrogen functional groups attached to an aromatic ring is 2. The Morgan fingerprint density at radius 3 is 2.35 bits per heavy atom. The molecule has 1 unspecified atom stereocenters. The number of nitrogens with zero attached hydrogens (tertiary/aromatic N) is 2. The van der Waals surface area contributed by atoms with Crippen molar-refractivity contribution >= 4 is 22.7 Å². The highest BCUT2D eigenvalue weighted by atomic mass is 19.1. The van der Waals surface area contributed by atoms with E-state index in [-0.39, 0.29) is 17.3 Å². The molecule has 0 radical (unpaired) electrons. The standard InChI is InChI=1S/C16H14F2N4O/c1-8(13-9(17)4-2-5-10(13)18)23-12-7-3-6-11-14(12)15(19)22-16(20)21-11/h2-8H,1H3,(H4,19,20,21,22). The summed E-state index contributed by atoms with van der Waals surface area (Å²) in [6, 6.07) is 8.68. The van der Waals surface area contributed by atoms with E-state index in [0.29, 0.717) is 16.7 Å². The Kier molecular flexibility index (Phi) is 3.69. The fraction of sp³-hybridized carbons (Fsp3) is 0.125. The lowest BCUT2D eigenvalue weighted by atomic mass is 10.1. The molecule has 0 saturated carbocycles. The van der Waals surface area contributed by atoms with Crippen molar-refractivity contribution in [3.8, 4) is 5.75 Å². The number of ether oxygens (including phenoxy) is 1. The Labute approximate surface area is 130 Å². The van der Waals surface area contributed by atoms with Gasteiger partial charge in [0.05, 0.1) is 16.5 Å². The predicted molar refractivity (Wildman–Crippen MR) is 83.8 cm³/mol. The van der Waals surface area contributed by atoms with Crippen molar-refractivity contribution in [2.24, 2.45) is 0 Å². The number of rotatable bonds is 3. The van der Waals surface area contributed by atoms with Crippen molar-refractivity contribution in [3.63, 3.8) is 0 Å². The number of hydrogen-bond acceptors (Lipinski definition) is 5. The zero-order chi connectivity index (χ0) is 16.6. The van der Waals surface area contributed by atoms with Gasteiger partial charge in [-0.1, -0.05) is 12.1 Å². The molecule has 0 fully saturated rings. The minimum Gasteiger partial charge on any atom is -0.485 e. The summed E-state index contributed by atoms with van der Waals surface area (Å²) < 4.78 is 33.4. The molecule has 118 valence electrons. The van der Waals surface area contributed by atoms with Crippen LogP contribution in [0.3, 0.4) is 0 Å². The van der Waals surface area contributed by atoms with Gasteiger partial charge in [-0.2, -0.15) is 4.98 Å². The van der Waals surface area contributed by atoms with Crippen LogP contribution in [0, 0.1) is 11.6 Å². The number of anilines is 2. The molecule has 2 aromatic carbocycles. The largest absolute Gasteiger partial charge is 0.485 e. The number of benzene rings is 2. The lowest BCUT2D eigenvalue weighted by Gasteiger charge is -2.18. The molecule has 0 aliphatic heterocycles. The van der Waals surface area contributed by atoms with E-state index in [2.05, 4.69) is 9.97 Å². The van der Waals surface area contributed by atoms with Crippen LogP contribution in [0.1, 0.15) is 18.6 Å². The second kappa shape index (κ2) is 5.68. The van der Waals surface area contributed by atoms with E-state index >= 15 is 0 Å². The summed E-state index contributed by atoms with van der Waals surface area (Å²) in [5.41, 5.74) is 11.8. The molecule has 3 rings (SSSR count). The normalized spacial score (nSPS) is 12.3. The van der Waals surface area contributed by atoms with Crippen molar-refractivity contribution in [1.29, 1.82) is 0 Å². The Morgan fingerprint density at radius 1 is 1.00 bits per heavy atom. The van der Waals surface area contributed by atoms with Crippen LogP contribution in [0.2, 0.25) is 0 Å². The number of fused-ring (bicyclic) bond motifs is 1. The zero-order valence-corrected chi connectivity index (χ0v) is 12.3. The highest BCUT2D eigenvalue weighted by Gasteiger charge is 2.19. The molecule has 1 heterocycles. The van der Waals surface area contributed by atoms with Crippen molar-refractivity contribution < 1.29 is 13.5 Å². The molecule has 0 aliphatic carbocycles. The van der Waals surface area contributed by atoms with Gasteiger partial charge in [-0.3, -0.25) is 0 Å². The molecule has 0 aliphatic rings. The molecule has 7 heteroatoms. The van der Waals surface area contributed by atoms with E-state index in [0.717, 1.165) is 0 Å². The van der Waals surface area contributed by atoms with Gasteiger partial charge in [0.25, 0.3) is 0 Å². The highest BCUT2D eigenvalue weighted by Crippen LogP contribution is 2.33. The van der Waals surface area contributed by atoms with Gasteiger partial charge in [0, 0.05) is 0 Å². The molecule has 23 heavy (non-hydrogen) atoms. The molecule has 1 aromatic heterocycles. The summed E-state index contributed by atoms with van der Waals surface area (Å²) in [5, 5.41) is 0.449. The molecule has 1 atom stereocenters. The van der Waals surface area contributed by atoms with Crippen LogP contribution in [-0.2, 0) is 0 Å². The lowest BCUT2D eigenvalue weighted by molar-refractivity contribution is 0.218. The van der Waals surface area contributed by atoms with E-state index in [1.807, 2.05) is 0 Å². The quantitative estimate of drug-likeness (QED) is 0.774. The van der Waals surface area contributed by atoms with Crippen LogP contribution in [0.15, 0.2) is 36.4 Å². The van der Waals surface area contributed by atoms with Crippen LogP contribution in [-0.4, -0.2) is 9.97 Å². The van der Waals surface area contributed by atoms with Crippen LogP contribution >= 0.6 is 0 Å². The van der Waals surface area contributed by atoms with Gasteiger partial charge >= 0.3 is 0 Å².